The molecule has 4 aromatic rings. The van der Waals surface area contributed by atoms with E-state index in [-0.39, 0.29) is 31.4 Å². The Morgan fingerprint density at radius 1 is 0.897 bits per heavy atom. The number of hydrogen-bond donors (Lipinski definition) is 1. The Hall–Kier alpha value is -2.78. The van der Waals surface area contributed by atoms with E-state index in [9.17, 15) is 5.11 Å². The first-order valence-corrected chi connectivity index (χ1v) is 12.5. The lowest BCUT2D eigenvalue weighted by Crippen LogP contribution is -2.30. The summed E-state index contributed by atoms with van der Waals surface area (Å²) in [5, 5.41) is 10.7. The molecule has 210 valence electrons. The number of halogens is 3. The molecule has 4 rings (SSSR count). The normalized spacial score (nSPS) is 11.4. The van der Waals surface area contributed by atoms with Crippen LogP contribution in [-0.4, -0.2) is 59.5 Å². The van der Waals surface area contributed by atoms with Crippen LogP contribution >= 0.6 is 36.4 Å². The van der Waals surface area contributed by atoms with Gasteiger partial charge in [-0.3, -0.25) is 0 Å². The Bertz CT molecular complexity index is 1260. The average molecular weight is 595 g/mol. The van der Waals surface area contributed by atoms with Gasteiger partial charge in [0.1, 0.15) is 42.4 Å². The highest BCUT2D eigenvalue weighted by atomic mass is 35.5. The molecule has 0 aliphatic carbocycles. The Balaban J connectivity index is 0.00000267. The van der Waals surface area contributed by atoms with E-state index < -0.39 is 6.10 Å². The molecule has 0 aliphatic rings. The smallest absolute Gasteiger partial charge is 0.140 e. The summed E-state index contributed by atoms with van der Waals surface area (Å²) in [6.07, 6.45) is 1.45. The van der Waals surface area contributed by atoms with Crippen molar-refractivity contribution in [3.05, 3.63) is 89.8 Å². The van der Waals surface area contributed by atoms with Crippen LogP contribution in [0, 0.1) is 0 Å². The lowest BCUT2D eigenvalue weighted by atomic mass is 10.1. The number of nitrogens with zero attached hydrogens (tertiary/aromatic N) is 3. The zero-order chi connectivity index (χ0) is 26.2. The molecule has 0 saturated heterocycles. The van der Waals surface area contributed by atoms with Crippen LogP contribution in [0.5, 0.6) is 17.2 Å². The Kier molecular flexibility index (Phi) is 13.1. The molecule has 0 fully saturated rings. The SMILES string of the molecule is CCOCc1nc(-c2ccc(OC[C@@H](O)CN(C)C)cc2)cn1-c1ccc(Oc2ccc(Cl)cc2)cc1.Cl.Cl. The molecule has 7 nitrogen and oxygen atoms in total. The molecule has 0 aliphatic heterocycles. The van der Waals surface area contributed by atoms with Gasteiger partial charge in [0, 0.05) is 35.6 Å². The first kappa shape index (κ1) is 32.4. The van der Waals surface area contributed by atoms with Gasteiger partial charge in [-0.1, -0.05) is 11.6 Å². The van der Waals surface area contributed by atoms with Gasteiger partial charge in [0.25, 0.3) is 0 Å². The summed E-state index contributed by atoms with van der Waals surface area (Å²) < 4.78 is 19.4. The van der Waals surface area contributed by atoms with E-state index >= 15 is 0 Å². The Labute approximate surface area is 247 Å². The molecule has 39 heavy (non-hydrogen) atoms. The lowest BCUT2D eigenvalue weighted by Gasteiger charge is -2.16. The molecule has 0 spiro atoms. The van der Waals surface area contributed by atoms with Gasteiger partial charge in [-0.2, -0.15) is 0 Å². The molecular weight excluding hydrogens is 561 g/mol. The summed E-state index contributed by atoms with van der Waals surface area (Å²) in [5.74, 6) is 2.95. The summed E-state index contributed by atoms with van der Waals surface area (Å²) in [6.45, 7) is 3.74. The van der Waals surface area contributed by atoms with Crippen LogP contribution in [0.3, 0.4) is 0 Å². The molecule has 0 saturated carbocycles. The van der Waals surface area contributed by atoms with Crippen LogP contribution in [0.15, 0.2) is 79.0 Å². The summed E-state index contributed by atoms with van der Waals surface area (Å²) in [4.78, 5) is 6.76. The quantitative estimate of drug-likeness (QED) is 0.198. The number of likely N-dealkylation sites (N-methyl/N-ethyl adjacent to an activating group) is 1. The molecule has 0 bridgehead atoms. The highest BCUT2D eigenvalue weighted by Crippen LogP contribution is 2.27. The maximum absolute atomic E-state index is 10.0. The van der Waals surface area contributed by atoms with Crippen LogP contribution in [0.4, 0.5) is 0 Å². The monoisotopic (exact) mass is 593 g/mol. The predicted molar refractivity (Wildman–Crippen MR) is 160 cm³/mol. The van der Waals surface area contributed by atoms with Gasteiger partial charge in [0.2, 0.25) is 0 Å². The first-order valence-electron chi connectivity index (χ1n) is 12.2. The van der Waals surface area contributed by atoms with E-state index in [1.807, 2.05) is 97.3 Å². The minimum absolute atomic E-state index is 0. The Morgan fingerprint density at radius 3 is 2.08 bits per heavy atom. The Morgan fingerprint density at radius 2 is 1.49 bits per heavy atom. The number of benzene rings is 3. The van der Waals surface area contributed by atoms with Gasteiger partial charge >= 0.3 is 0 Å². The maximum Gasteiger partial charge on any atom is 0.140 e. The number of ether oxygens (including phenoxy) is 3. The molecule has 1 aromatic heterocycles. The summed E-state index contributed by atoms with van der Waals surface area (Å²) in [7, 11) is 3.83. The van der Waals surface area contributed by atoms with Crippen molar-refractivity contribution in [2.75, 3.05) is 33.9 Å². The summed E-state index contributed by atoms with van der Waals surface area (Å²) >= 11 is 5.96. The minimum atomic E-state index is -0.547. The van der Waals surface area contributed by atoms with Gasteiger partial charge in [-0.15, -0.1) is 24.8 Å². The van der Waals surface area contributed by atoms with Crippen molar-refractivity contribution < 1.29 is 19.3 Å². The zero-order valence-corrected chi connectivity index (χ0v) is 24.5. The molecule has 0 amide bonds. The maximum atomic E-state index is 10.0. The second-order valence-electron chi connectivity index (χ2n) is 8.85. The van der Waals surface area contributed by atoms with Crippen molar-refractivity contribution in [3.8, 4) is 34.2 Å². The van der Waals surface area contributed by atoms with E-state index in [0.29, 0.717) is 30.5 Å². The number of imidazole rings is 1. The van der Waals surface area contributed by atoms with Gasteiger partial charge in [0.15, 0.2) is 0 Å². The van der Waals surface area contributed by atoms with Gasteiger partial charge < -0.3 is 28.8 Å². The highest BCUT2D eigenvalue weighted by Gasteiger charge is 2.13. The number of aliphatic hydroxyl groups excluding tert-OH is 1. The molecule has 0 unspecified atom stereocenters. The van der Waals surface area contributed by atoms with Gasteiger partial charge in [-0.05, 0) is 93.8 Å². The molecule has 1 atom stereocenters. The topological polar surface area (TPSA) is 69.0 Å². The fourth-order valence-corrected chi connectivity index (χ4v) is 3.90. The van der Waals surface area contributed by atoms with Crippen molar-refractivity contribution in [3.63, 3.8) is 0 Å². The van der Waals surface area contributed by atoms with Crippen LogP contribution < -0.4 is 9.47 Å². The van der Waals surface area contributed by atoms with Crippen LogP contribution in [0.25, 0.3) is 16.9 Å². The van der Waals surface area contributed by atoms with Crippen molar-refractivity contribution in [2.45, 2.75) is 19.6 Å². The van der Waals surface area contributed by atoms with Crippen LogP contribution in [-0.2, 0) is 11.3 Å². The number of rotatable bonds is 12. The molecule has 10 heteroatoms. The van der Waals surface area contributed by atoms with Crippen molar-refractivity contribution in [2.24, 2.45) is 0 Å². The standard InChI is InChI=1S/C29H32ClN3O4.2ClH/c1-4-35-20-29-31-28(21-5-11-25(12-6-21)36-19-24(34)17-32(2)3)18-33(29)23-9-15-27(16-10-23)37-26-13-7-22(30)8-14-26;;/h5-16,18,24,34H,4,17,19-20H2,1-3H3;2*1H/t24-;;/m0../s1. The third kappa shape index (κ3) is 9.42. The molecule has 1 N–H and O–H groups in total. The van der Waals surface area contributed by atoms with Crippen LogP contribution in [0.1, 0.15) is 12.7 Å². The highest BCUT2D eigenvalue weighted by molar-refractivity contribution is 6.30. The molecule has 0 radical (unpaired) electrons. The van der Waals surface area contributed by atoms with E-state index in [0.717, 1.165) is 34.3 Å². The predicted octanol–water partition coefficient (Wildman–Crippen LogP) is 6.67. The fourth-order valence-electron chi connectivity index (χ4n) is 3.78. The summed E-state index contributed by atoms with van der Waals surface area (Å²) in [5.41, 5.74) is 2.74. The minimum Gasteiger partial charge on any atom is -0.491 e. The summed E-state index contributed by atoms with van der Waals surface area (Å²) in [6, 6.07) is 22.8. The van der Waals surface area contributed by atoms with E-state index in [1.165, 1.54) is 0 Å². The number of aromatic nitrogens is 2. The third-order valence-corrected chi connectivity index (χ3v) is 5.80. The van der Waals surface area contributed by atoms with Gasteiger partial charge in [-0.25, -0.2) is 4.98 Å². The molecule has 1 heterocycles. The first-order chi connectivity index (χ1) is 17.9. The second kappa shape index (κ2) is 15.7. The lowest BCUT2D eigenvalue weighted by molar-refractivity contribution is 0.0831. The number of hydrogen-bond acceptors (Lipinski definition) is 6. The van der Waals surface area contributed by atoms with Crippen molar-refractivity contribution in [1.82, 2.24) is 14.5 Å². The van der Waals surface area contributed by atoms with Crippen molar-refractivity contribution >= 4 is 36.4 Å². The van der Waals surface area contributed by atoms with E-state index in [4.69, 9.17) is 30.8 Å². The van der Waals surface area contributed by atoms with E-state index in [1.54, 1.807) is 12.1 Å². The second-order valence-corrected chi connectivity index (χ2v) is 9.29. The zero-order valence-electron chi connectivity index (χ0n) is 22.1. The van der Waals surface area contributed by atoms with Crippen molar-refractivity contribution in [1.29, 1.82) is 0 Å². The largest absolute Gasteiger partial charge is 0.491 e. The number of aliphatic hydroxyl groups is 1. The average Bonchev–Trinajstić information content (AvgIpc) is 3.32. The van der Waals surface area contributed by atoms with Crippen LogP contribution in [0.2, 0.25) is 5.02 Å². The van der Waals surface area contributed by atoms with E-state index in [2.05, 4.69) is 0 Å². The third-order valence-electron chi connectivity index (χ3n) is 5.55. The van der Waals surface area contributed by atoms with Gasteiger partial charge in [0.05, 0.1) is 5.69 Å². The fraction of sp³-hybridized carbons (Fsp3) is 0.276. The molecule has 3 aromatic carbocycles. The molecular formula is C29H34Cl3N3O4.